The van der Waals surface area contributed by atoms with Gasteiger partial charge in [0.05, 0.1) is 6.54 Å². The van der Waals surface area contributed by atoms with E-state index in [1.807, 2.05) is 11.4 Å². The summed E-state index contributed by atoms with van der Waals surface area (Å²) in [7, 11) is 1.68. The van der Waals surface area contributed by atoms with Crippen LogP contribution in [0, 0.1) is 0 Å². The van der Waals surface area contributed by atoms with Gasteiger partial charge in [-0.2, -0.15) is 0 Å². The Bertz CT molecular complexity index is 629. The van der Waals surface area contributed by atoms with E-state index in [4.69, 9.17) is 0 Å². The number of urea groups is 1. The summed E-state index contributed by atoms with van der Waals surface area (Å²) in [5.41, 5.74) is 0. The van der Waals surface area contributed by atoms with Gasteiger partial charge in [-0.25, -0.2) is 4.79 Å². The van der Waals surface area contributed by atoms with E-state index in [9.17, 15) is 14.4 Å². The van der Waals surface area contributed by atoms with Crippen molar-refractivity contribution in [2.45, 2.75) is 25.4 Å². The van der Waals surface area contributed by atoms with Crippen molar-refractivity contribution >= 4 is 45.1 Å². The standard InChI is InChI=1S/C14H16BrN3O3S/c1-16(5-11-4-9(15)8-22-11)12(19)6-18-13(20)7-17(14(18)21)10-2-3-10/h4,8,10H,2-3,5-7H2,1H3. The third kappa shape index (κ3) is 3.17. The van der Waals surface area contributed by atoms with E-state index in [0.29, 0.717) is 6.54 Å². The molecule has 1 aliphatic heterocycles. The number of rotatable bonds is 5. The quantitative estimate of drug-likeness (QED) is 0.727. The summed E-state index contributed by atoms with van der Waals surface area (Å²) in [4.78, 5) is 41.6. The average Bonchev–Trinajstić information content (AvgIpc) is 3.18. The van der Waals surface area contributed by atoms with Gasteiger partial charge in [-0.1, -0.05) is 0 Å². The molecule has 0 N–H and O–H groups in total. The van der Waals surface area contributed by atoms with Crippen LogP contribution >= 0.6 is 27.3 Å². The first-order valence-corrected chi connectivity index (χ1v) is 8.71. The Hall–Kier alpha value is -1.41. The summed E-state index contributed by atoms with van der Waals surface area (Å²) in [6.07, 6.45) is 1.90. The van der Waals surface area contributed by atoms with Crippen LogP contribution in [0.3, 0.4) is 0 Å². The molecule has 2 heterocycles. The molecule has 2 fully saturated rings. The van der Waals surface area contributed by atoms with E-state index in [1.54, 1.807) is 28.2 Å². The van der Waals surface area contributed by atoms with Gasteiger partial charge in [0.1, 0.15) is 13.1 Å². The summed E-state index contributed by atoms with van der Waals surface area (Å²) in [5.74, 6) is -0.513. The molecule has 0 unspecified atom stereocenters. The van der Waals surface area contributed by atoms with Crippen LogP contribution in [0.5, 0.6) is 0 Å². The monoisotopic (exact) mass is 385 g/mol. The van der Waals surface area contributed by atoms with Crippen LogP contribution in [0.15, 0.2) is 15.9 Å². The Morgan fingerprint density at radius 3 is 2.77 bits per heavy atom. The van der Waals surface area contributed by atoms with Gasteiger partial charge in [-0.3, -0.25) is 14.5 Å². The SMILES string of the molecule is CN(Cc1cc(Br)cs1)C(=O)CN1C(=O)CN(C2CC2)C1=O. The average molecular weight is 386 g/mol. The lowest BCUT2D eigenvalue weighted by Crippen LogP contribution is -2.42. The number of hydrogen-bond acceptors (Lipinski definition) is 4. The molecule has 1 aromatic rings. The zero-order valence-electron chi connectivity index (χ0n) is 12.1. The molecule has 4 amide bonds. The van der Waals surface area contributed by atoms with Crippen LogP contribution in [0.25, 0.3) is 0 Å². The molecule has 118 valence electrons. The Morgan fingerprint density at radius 1 is 1.45 bits per heavy atom. The minimum atomic E-state index is -0.326. The number of carbonyl (C=O) groups excluding carboxylic acids is 3. The molecule has 1 aromatic heterocycles. The van der Waals surface area contributed by atoms with Crippen LogP contribution in [-0.4, -0.2) is 58.7 Å². The molecule has 6 nitrogen and oxygen atoms in total. The third-order valence-electron chi connectivity index (χ3n) is 3.80. The molecule has 3 rings (SSSR count). The predicted molar refractivity (Wildman–Crippen MR) is 85.3 cm³/mol. The minimum absolute atomic E-state index is 0.109. The third-order valence-corrected chi connectivity index (χ3v) is 5.49. The lowest BCUT2D eigenvalue weighted by Gasteiger charge is -2.20. The number of halogens is 1. The van der Waals surface area contributed by atoms with E-state index in [1.165, 1.54) is 0 Å². The van der Waals surface area contributed by atoms with Gasteiger partial charge in [-0.15, -0.1) is 11.3 Å². The number of likely N-dealkylation sites (N-methyl/N-ethyl adjacent to an activating group) is 1. The largest absolute Gasteiger partial charge is 0.339 e. The second-order valence-corrected chi connectivity index (χ2v) is 7.51. The zero-order chi connectivity index (χ0) is 15.9. The summed E-state index contributed by atoms with van der Waals surface area (Å²) < 4.78 is 0.985. The molecule has 0 bridgehead atoms. The molecule has 1 saturated heterocycles. The van der Waals surface area contributed by atoms with Crippen molar-refractivity contribution in [1.82, 2.24) is 14.7 Å². The van der Waals surface area contributed by atoms with E-state index in [2.05, 4.69) is 15.9 Å². The highest BCUT2D eigenvalue weighted by Gasteiger charge is 2.44. The molecule has 2 aliphatic rings. The normalized spacial score (nSPS) is 18.3. The van der Waals surface area contributed by atoms with E-state index in [-0.39, 0.29) is 37.0 Å². The summed E-state index contributed by atoms with van der Waals surface area (Å²) in [6, 6.07) is 1.82. The fraction of sp³-hybridized carbons (Fsp3) is 0.500. The molecular formula is C14H16BrN3O3S. The van der Waals surface area contributed by atoms with E-state index < -0.39 is 0 Å². The number of imide groups is 1. The maximum absolute atomic E-state index is 12.2. The number of amides is 4. The number of nitrogens with zero attached hydrogens (tertiary/aromatic N) is 3. The van der Waals surface area contributed by atoms with Crippen molar-refractivity contribution in [2.75, 3.05) is 20.1 Å². The summed E-state index contributed by atoms with van der Waals surface area (Å²) in [6.45, 7) is 0.403. The minimum Gasteiger partial charge on any atom is -0.339 e. The molecule has 0 aromatic carbocycles. The van der Waals surface area contributed by atoms with Crippen LogP contribution < -0.4 is 0 Å². The van der Waals surface area contributed by atoms with Gasteiger partial charge >= 0.3 is 6.03 Å². The van der Waals surface area contributed by atoms with Crippen molar-refractivity contribution in [2.24, 2.45) is 0 Å². The summed E-state index contributed by atoms with van der Waals surface area (Å²) >= 11 is 4.93. The molecular weight excluding hydrogens is 370 g/mol. The Balaban J connectivity index is 1.58. The number of carbonyl (C=O) groups is 3. The molecule has 1 saturated carbocycles. The van der Waals surface area contributed by atoms with E-state index >= 15 is 0 Å². The molecule has 0 atom stereocenters. The smallest absolute Gasteiger partial charge is 0.327 e. The lowest BCUT2D eigenvalue weighted by atomic mass is 10.4. The highest BCUT2D eigenvalue weighted by Crippen LogP contribution is 2.30. The molecule has 0 spiro atoms. The first-order chi connectivity index (χ1) is 10.5. The van der Waals surface area contributed by atoms with Crippen LogP contribution in [0.1, 0.15) is 17.7 Å². The summed E-state index contributed by atoms with van der Waals surface area (Å²) in [5, 5.41) is 1.95. The van der Waals surface area contributed by atoms with Gasteiger partial charge in [-0.05, 0) is 34.8 Å². The van der Waals surface area contributed by atoms with Crippen molar-refractivity contribution < 1.29 is 14.4 Å². The fourth-order valence-corrected chi connectivity index (χ4v) is 3.91. The molecule has 1 aliphatic carbocycles. The maximum atomic E-state index is 12.2. The van der Waals surface area contributed by atoms with Crippen LogP contribution in [0.4, 0.5) is 4.79 Å². The lowest BCUT2D eigenvalue weighted by molar-refractivity contribution is -0.135. The Labute approximate surface area is 140 Å². The molecule has 22 heavy (non-hydrogen) atoms. The second-order valence-electron chi connectivity index (χ2n) is 5.60. The van der Waals surface area contributed by atoms with Crippen LogP contribution in [-0.2, 0) is 16.1 Å². The number of hydrogen-bond donors (Lipinski definition) is 0. The van der Waals surface area contributed by atoms with Crippen molar-refractivity contribution in [3.8, 4) is 0 Å². The predicted octanol–water partition coefficient (Wildman–Crippen LogP) is 1.90. The van der Waals surface area contributed by atoms with Crippen molar-refractivity contribution in [3.05, 3.63) is 20.8 Å². The van der Waals surface area contributed by atoms with Crippen LogP contribution in [0.2, 0.25) is 0 Å². The topological polar surface area (TPSA) is 60.9 Å². The molecule has 0 radical (unpaired) electrons. The zero-order valence-corrected chi connectivity index (χ0v) is 14.5. The van der Waals surface area contributed by atoms with Gasteiger partial charge in [0.2, 0.25) is 5.91 Å². The fourth-order valence-electron chi connectivity index (χ4n) is 2.40. The first kappa shape index (κ1) is 15.5. The van der Waals surface area contributed by atoms with Crippen molar-refractivity contribution in [3.63, 3.8) is 0 Å². The first-order valence-electron chi connectivity index (χ1n) is 7.03. The van der Waals surface area contributed by atoms with Gasteiger partial charge in [0.15, 0.2) is 0 Å². The highest BCUT2D eigenvalue weighted by atomic mass is 79.9. The van der Waals surface area contributed by atoms with Gasteiger partial charge in [0, 0.05) is 27.8 Å². The highest BCUT2D eigenvalue weighted by molar-refractivity contribution is 9.10. The van der Waals surface area contributed by atoms with Gasteiger partial charge in [0.25, 0.3) is 5.91 Å². The number of thiophene rings is 1. The Morgan fingerprint density at radius 2 is 2.18 bits per heavy atom. The maximum Gasteiger partial charge on any atom is 0.327 e. The van der Waals surface area contributed by atoms with E-state index in [0.717, 1.165) is 27.1 Å². The second kappa shape index (κ2) is 6.00. The van der Waals surface area contributed by atoms with Gasteiger partial charge < -0.3 is 9.80 Å². The van der Waals surface area contributed by atoms with Crippen molar-refractivity contribution in [1.29, 1.82) is 0 Å². The molecule has 8 heteroatoms. The Kier molecular flexibility index (Phi) is 4.22.